The minimum absolute atomic E-state index is 0. The van der Waals surface area contributed by atoms with Gasteiger partial charge in [0.15, 0.2) is 0 Å². The van der Waals surface area contributed by atoms with Crippen molar-refractivity contribution in [3.05, 3.63) is 30.1 Å². The summed E-state index contributed by atoms with van der Waals surface area (Å²) >= 11 is 0. The number of halogens is 3. The predicted molar refractivity (Wildman–Crippen MR) is 98.1 cm³/mol. The molecule has 0 saturated carbocycles. The maximum atomic E-state index is 12.8. The number of anilines is 1. The van der Waals surface area contributed by atoms with Crippen LogP contribution in [0.1, 0.15) is 39.0 Å². The SMILES string of the molecule is CCCCCN1CCCC(CNc2ccc(F)cc2)C1.Cl.Cl. The van der Waals surface area contributed by atoms with Crippen LogP contribution in [0.2, 0.25) is 0 Å². The average molecular weight is 351 g/mol. The minimum Gasteiger partial charge on any atom is -0.385 e. The lowest BCUT2D eigenvalue weighted by Crippen LogP contribution is -2.38. The van der Waals surface area contributed by atoms with Crippen LogP contribution in [0, 0.1) is 11.7 Å². The Labute approximate surface area is 146 Å². The van der Waals surface area contributed by atoms with Gasteiger partial charge in [-0.05, 0) is 62.5 Å². The van der Waals surface area contributed by atoms with E-state index in [1.807, 2.05) is 12.1 Å². The molecule has 1 N–H and O–H groups in total. The van der Waals surface area contributed by atoms with Crippen molar-refractivity contribution in [3.63, 3.8) is 0 Å². The highest BCUT2D eigenvalue weighted by Crippen LogP contribution is 2.18. The Balaban J connectivity index is 0.00000220. The summed E-state index contributed by atoms with van der Waals surface area (Å²) in [6, 6.07) is 6.66. The molecule has 1 atom stereocenters. The molecule has 128 valence electrons. The number of piperidine rings is 1. The van der Waals surface area contributed by atoms with Crippen LogP contribution in [0.5, 0.6) is 0 Å². The fourth-order valence-electron chi connectivity index (χ4n) is 2.94. The maximum absolute atomic E-state index is 12.8. The van der Waals surface area contributed by atoms with Gasteiger partial charge in [-0.1, -0.05) is 19.8 Å². The highest BCUT2D eigenvalue weighted by Gasteiger charge is 2.19. The van der Waals surface area contributed by atoms with E-state index < -0.39 is 0 Å². The van der Waals surface area contributed by atoms with Gasteiger partial charge in [-0.2, -0.15) is 0 Å². The monoisotopic (exact) mass is 350 g/mol. The molecule has 1 aromatic carbocycles. The lowest BCUT2D eigenvalue weighted by atomic mass is 9.97. The summed E-state index contributed by atoms with van der Waals surface area (Å²) in [7, 11) is 0. The molecule has 1 aliphatic heterocycles. The fourth-order valence-corrected chi connectivity index (χ4v) is 2.94. The zero-order chi connectivity index (χ0) is 14.2. The standard InChI is InChI=1S/C17H27FN2.2ClH/c1-2-3-4-11-20-12-5-6-15(14-20)13-19-17-9-7-16(18)8-10-17;;/h7-10,15,19H,2-6,11-14H2,1H3;2*1H. The molecule has 0 aromatic heterocycles. The summed E-state index contributed by atoms with van der Waals surface area (Å²) in [4.78, 5) is 2.61. The summed E-state index contributed by atoms with van der Waals surface area (Å²) in [5.41, 5.74) is 1.02. The summed E-state index contributed by atoms with van der Waals surface area (Å²) in [6.45, 7) is 6.97. The van der Waals surface area contributed by atoms with E-state index in [1.54, 1.807) is 0 Å². The smallest absolute Gasteiger partial charge is 0.123 e. The van der Waals surface area contributed by atoms with Crippen molar-refractivity contribution in [1.82, 2.24) is 4.90 Å². The number of benzene rings is 1. The van der Waals surface area contributed by atoms with Crippen molar-refractivity contribution in [3.8, 4) is 0 Å². The first-order valence-corrected chi connectivity index (χ1v) is 7.99. The van der Waals surface area contributed by atoms with Gasteiger partial charge in [-0.3, -0.25) is 0 Å². The predicted octanol–water partition coefficient (Wildman–Crippen LogP) is 4.98. The van der Waals surface area contributed by atoms with Crippen LogP contribution in [-0.4, -0.2) is 31.1 Å². The third-order valence-corrected chi connectivity index (χ3v) is 4.12. The Morgan fingerprint density at radius 1 is 1.18 bits per heavy atom. The normalized spacial score (nSPS) is 18.2. The zero-order valence-electron chi connectivity index (χ0n) is 13.4. The van der Waals surface area contributed by atoms with E-state index in [2.05, 4.69) is 17.1 Å². The van der Waals surface area contributed by atoms with Crippen molar-refractivity contribution in [2.24, 2.45) is 5.92 Å². The largest absolute Gasteiger partial charge is 0.385 e. The van der Waals surface area contributed by atoms with Gasteiger partial charge in [0.1, 0.15) is 5.82 Å². The van der Waals surface area contributed by atoms with Crippen LogP contribution in [-0.2, 0) is 0 Å². The summed E-state index contributed by atoms with van der Waals surface area (Å²) < 4.78 is 12.8. The number of nitrogens with zero attached hydrogens (tertiary/aromatic N) is 1. The van der Waals surface area contributed by atoms with Gasteiger partial charge in [0, 0.05) is 18.8 Å². The van der Waals surface area contributed by atoms with E-state index in [4.69, 9.17) is 0 Å². The quantitative estimate of drug-likeness (QED) is 0.697. The zero-order valence-corrected chi connectivity index (χ0v) is 15.0. The lowest BCUT2D eigenvalue weighted by molar-refractivity contribution is 0.177. The van der Waals surface area contributed by atoms with Crippen LogP contribution in [0.15, 0.2) is 24.3 Å². The topological polar surface area (TPSA) is 15.3 Å². The molecule has 22 heavy (non-hydrogen) atoms. The van der Waals surface area contributed by atoms with Crippen molar-refractivity contribution in [1.29, 1.82) is 0 Å². The summed E-state index contributed by atoms with van der Waals surface area (Å²) in [5.74, 6) is 0.547. The number of likely N-dealkylation sites (tertiary alicyclic amines) is 1. The molecule has 5 heteroatoms. The highest BCUT2D eigenvalue weighted by atomic mass is 35.5. The van der Waals surface area contributed by atoms with E-state index in [-0.39, 0.29) is 30.6 Å². The maximum Gasteiger partial charge on any atom is 0.123 e. The molecule has 1 heterocycles. The number of rotatable bonds is 7. The number of hydrogen-bond donors (Lipinski definition) is 1. The van der Waals surface area contributed by atoms with E-state index in [1.165, 1.54) is 63.9 Å². The van der Waals surface area contributed by atoms with E-state index in [0.29, 0.717) is 0 Å². The van der Waals surface area contributed by atoms with Crippen LogP contribution >= 0.6 is 24.8 Å². The van der Waals surface area contributed by atoms with Crippen LogP contribution in [0.3, 0.4) is 0 Å². The molecular weight excluding hydrogens is 322 g/mol. The Morgan fingerprint density at radius 3 is 2.59 bits per heavy atom. The van der Waals surface area contributed by atoms with Crippen LogP contribution in [0.25, 0.3) is 0 Å². The number of unbranched alkanes of at least 4 members (excludes halogenated alkanes) is 2. The molecule has 2 nitrogen and oxygen atoms in total. The van der Waals surface area contributed by atoms with Crippen LogP contribution < -0.4 is 5.32 Å². The minimum atomic E-state index is -0.171. The van der Waals surface area contributed by atoms with Gasteiger partial charge in [0.05, 0.1) is 0 Å². The second-order valence-corrected chi connectivity index (χ2v) is 5.90. The molecular formula is C17H29Cl2FN2. The Hall–Kier alpha value is -0.510. The van der Waals surface area contributed by atoms with E-state index in [0.717, 1.165) is 18.2 Å². The molecule has 1 aliphatic rings. The fraction of sp³-hybridized carbons (Fsp3) is 0.647. The van der Waals surface area contributed by atoms with Gasteiger partial charge in [0.2, 0.25) is 0 Å². The van der Waals surface area contributed by atoms with E-state index in [9.17, 15) is 4.39 Å². The van der Waals surface area contributed by atoms with Crippen molar-refractivity contribution in [2.75, 3.05) is 31.5 Å². The number of hydrogen-bond acceptors (Lipinski definition) is 2. The lowest BCUT2D eigenvalue weighted by Gasteiger charge is -2.33. The second kappa shape index (κ2) is 12.0. The Morgan fingerprint density at radius 2 is 1.91 bits per heavy atom. The first-order valence-electron chi connectivity index (χ1n) is 7.99. The average Bonchev–Trinajstić information content (AvgIpc) is 2.47. The third-order valence-electron chi connectivity index (χ3n) is 4.12. The molecule has 0 radical (unpaired) electrons. The third kappa shape index (κ3) is 7.66. The van der Waals surface area contributed by atoms with Crippen LogP contribution in [0.4, 0.5) is 10.1 Å². The first-order chi connectivity index (χ1) is 9.78. The molecule has 1 aromatic rings. The Bertz CT molecular complexity index is 387. The molecule has 1 unspecified atom stereocenters. The van der Waals surface area contributed by atoms with Gasteiger partial charge in [-0.25, -0.2) is 4.39 Å². The number of nitrogens with one attached hydrogen (secondary N) is 1. The Kier molecular flexibility index (Phi) is 11.7. The molecule has 1 fully saturated rings. The van der Waals surface area contributed by atoms with Gasteiger partial charge >= 0.3 is 0 Å². The summed E-state index contributed by atoms with van der Waals surface area (Å²) in [5, 5.41) is 3.44. The molecule has 0 bridgehead atoms. The molecule has 0 amide bonds. The van der Waals surface area contributed by atoms with Crippen molar-refractivity contribution < 1.29 is 4.39 Å². The first kappa shape index (κ1) is 21.5. The molecule has 0 aliphatic carbocycles. The molecule has 1 saturated heterocycles. The van der Waals surface area contributed by atoms with Gasteiger partial charge in [-0.15, -0.1) is 24.8 Å². The highest BCUT2D eigenvalue weighted by molar-refractivity contribution is 5.85. The van der Waals surface area contributed by atoms with Crippen molar-refractivity contribution in [2.45, 2.75) is 39.0 Å². The molecule has 2 rings (SSSR count). The van der Waals surface area contributed by atoms with E-state index >= 15 is 0 Å². The van der Waals surface area contributed by atoms with Crippen molar-refractivity contribution >= 4 is 30.5 Å². The van der Waals surface area contributed by atoms with Gasteiger partial charge < -0.3 is 10.2 Å². The molecule has 0 spiro atoms. The summed E-state index contributed by atoms with van der Waals surface area (Å²) in [6.07, 6.45) is 6.58. The van der Waals surface area contributed by atoms with Gasteiger partial charge in [0.25, 0.3) is 0 Å². The second-order valence-electron chi connectivity index (χ2n) is 5.90.